The average Bonchev–Trinajstić information content (AvgIpc) is 2.23. The van der Waals surface area contributed by atoms with Crippen molar-refractivity contribution in [2.45, 2.75) is 26.0 Å². The van der Waals surface area contributed by atoms with E-state index in [2.05, 4.69) is 0 Å². The van der Waals surface area contributed by atoms with Crippen molar-refractivity contribution in [3.63, 3.8) is 0 Å². The fraction of sp³-hybridized carbons (Fsp3) is 0.778. The van der Waals surface area contributed by atoms with E-state index in [1.54, 1.807) is 13.0 Å². The molecule has 0 aliphatic rings. The molecule has 7 heteroatoms. The summed E-state index contributed by atoms with van der Waals surface area (Å²) in [5.74, 6) is -1.85. The summed E-state index contributed by atoms with van der Waals surface area (Å²) < 4.78 is 24.6. The van der Waals surface area contributed by atoms with Crippen LogP contribution in [0.15, 0.2) is 0 Å². The van der Waals surface area contributed by atoms with Crippen molar-refractivity contribution in [2.24, 2.45) is 5.92 Å². The van der Waals surface area contributed by atoms with Gasteiger partial charge in [-0.1, -0.05) is 13.8 Å². The predicted molar refractivity (Wildman–Crippen MR) is 58.0 cm³/mol. The molecule has 6 nitrogen and oxygen atoms in total. The van der Waals surface area contributed by atoms with Gasteiger partial charge in [-0.25, -0.2) is 12.7 Å². The fourth-order valence-electron chi connectivity index (χ4n) is 1.09. The van der Waals surface area contributed by atoms with Crippen molar-refractivity contribution >= 4 is 16.0 Å². The highest BCUT2D eigenvalue weighted by Gasteiger charge is 2.30. The Kier molecular flexibility index (Phi) is 5.41. The summed E-state index contributed by atoms with van der Waals surface area (Å²) in [6.45, 7) is 4.36. The van der Waals surface area contributed by atoms with Crippen molar-refractivity contribution in [1.82, 2.24) is 4.31 Å². The normalized spacial score (nSPS) is 15.4. The molecule has 16 heavy (non-hydrogen) atoms. The molecule has 92 valence electrons. The van der Waals surface area contributed by atoms with E-state index >= 15 is 0 Å². The van der Waals surface area contributed by atoms with Gasteiger partial charge in [0.15, 0.2) is 5.25 Å². The van der Waals surface area contributed by atoms with Crippen LogP contribution in [0, 0.1) is 17.2 Å². The van der Waals surface area contributed by atoms with E-state index in [9.17, 15) is 13.2 Å². The third-order valence-corrected chi connectivity index (χ3v) is 4.37. The molecule has 0 bridgehead atoms. The summed E-state index contributed by atoms with van der Waals surface area (Å²) in [6.07, 6.45) is 0. The molecule has 0 fully saturated rings. The van der Waals surface area contributed by atoms with E-state index < -0.39 is 27.2 Å². The molecule has 0 aromatic heterocycles. The second kappa shape index (κ2) is 5.82. The fourth-order valence-corrected chi connectivity index (χ4v) is 2.46. The van der Waals surface area contributed by atoms with Crippen LogP contribution in [-0.2, 0) is 14.8 Å². The molecule has 0 aliphatic carbocycles. The first-order valence-corrected chi connectivity index (χ1v) is 6.39. The van der Waals surface area contributed by atoms with Crippen molar-refractivity contribution in [1.29, 1.82) is 5.26 Å². The Bertz CT molecular complexity index is 385. The van der Waals surface area contributed by atoms with Gasteiger partial charge in [0.2, 0.25) is 10.0 Å². The zero-order chi connectivity index (χ0) is 12.9. The van der Waals surface area contributed by atoms with Gasteiger partial charge in [-0.05, 0) is 6.92 Å². The Balaban J connectivity index is 4.89. The van der Waals surface area contributed by atoms with Gasteiger partial charge in [0.1, 0.15) is 0 Å². The standard InChI is InChI=1S/C9H16N2O4S/c1-4-11(6-7(2)9(12)13)16(14,15)8(3)5-10/h7-8H,4,6H2,1-3H3,(H,12,13). The number of carboxylic acids is 1. The highest BCUT2D eigenvalue weighted by molar-refractivity contribution is 7.89. The number of hydrogen-bond acceptors (Lipinski definition) is 4. The van der Waals surface area contributed by atoms with Crippen LogP contribution in [0.2, 0.25) is 0 Å². The SMILES string of the molecule is CCN(CC(C)C(=O)O)S(=O)(=O)C(C)C#N. The lowest BCUT2D eigenvalue weighted by molar-refractivity contribution is -0.141. The molecule has 0 amide bonds. The Hall–Kier alpha value is -1.13. The Morgan fingerprint density at radius 1 is 1.50 bits per heavy atom. The topological polar surface area (TPSA) is 98.5 Å². The molecule has 0 heterocycles. The van der Waals surface area contributed by atoms with Gasteiger partial charge in [0, 0.05) is 13.1 Å². The smallest absolute Gasteiger partial charge is 0.307 e. The number of rotatable bonds is 6. The van der Waals surface area contributed by atoms with Gasteiger partial charge in [-0.15, -0.1) is 0 Å². The first-order chi connectivity index (χ1) is 7.27. The lowest BCUT2D eigenvalue weighted by atomic mass is 10.2. The molecular weight excluding hydrogens is 232 g/mol. The maximum atomic E-state index is 11.8. The minimum atomic E-state index is -3.72. The lowest BCUT2D eigenvalue weighted by Gasteiger charge is -2.23. The zero-order valence-corrected chi connectivity index (χ0v) is 10.4. The zero-order valence-electron chi connectivity index (χ0n) is 9.54. The minimum Gasteiger partial charge on any atom is -0.481 e. The molecule has 0 aliphatic heterocycles. The van der Waals surface area contributed by atoms with Gasteiger partial charge >= 0.3 is 5.97 Å². The minimum absolute atomic E-state index is 0.111. The molecule has 0 spiro atoms. The Morgan fingerprint density at radius 2 is 2.00 bits per heavy atom. The summed E-state index contributed by atoms with van der Waals surface area (Å²) >= 11 is 0. The largest absolute Gasteiger partial charge is 0.481 e. The summed E-state index contributed by atoms with van der Waals surface area (Å²) in [4.78, 5) is 10.6. The maximum absolute atomic E-state index is 11.8. The van der Waals surface area contributed by atoms with Crippen molar-refractivity contribution in [2.75, 3.05) is 13.1 Å². The van der Waals surface area contributed by atoms with E-state index in [-0.39, 0.29) is 13.1 Å². The van der Waals surface area contributed by atoms with E-state index in [0.29, 0.717) is 0 Å². The summed E-state index contributed by atoms with van der Waals surface area (Å²) in [5, 5.41) is 16.1. The summed E-state index contributed by atoms with van der Waals surface area (Å²) in [7, 11) is -3.72. The molecule has 0 saturated heterocycles. The van der Waals surface area contributed by atoms with Crippen LogP contribution in [0.25, 0.3) is 0 Å². The van der Waals surface area contributed by atoms with Crippen LogP contribution < -0.4 is 0 Å². The van der Waals surface area contributed by atoms with Crippen LogP contribution >= 0.6 is 0 Å². The third-order valence-electron chi connectivity index (χ3n) is 2.24. The second-order valence-electron chi connectivity index (χ2n) is 3.51. The van der Waals surface area contributed by atoms with Crippen molar-refractivity contribution < 1.29 is 18.3 Å². The lowest BCUT2D eigenvalue weighted by Crippen LogP contribution is -2.40. The van der Waals surface area contributed by atoms with Gasteiger partial charge in [-0.3, -0.25) is 4.79 Å². The van der Waals surface area contributed by atoms with Gasteiger partial charge in [0.25, 0.3) is 0 Å². The van der Waals surface area contributed by atoms with Gasteiger partial charge < -0.3 is 5.11 Å². The van der Waals surface area contributed by atoms with E-state index in [4.69, 9.17) is 10.4 Å². The molecule has 0 aromatic carbocycles. The summed E-state index contributed by atoms with van der Waals surface area (Å²) in [5.41, 5.74) is 0. The molecule has 0 saturated carbocycles. The van der Waals surface area contributed by atoms with E-state index in [1.165, 1.54) is 13.8 Å². The number of carboxylic acid groups (broad SMARTS) is 1. The average molecular weight is 248 g/mol. The van der Waals surface area contributed by atoms with E-state index in [1.807, 2.05) is 0 Å². The molecule has 1 N–H and O–H groups in total. The van der Waals surface area contributed by atoms with Crippen LogP contribution in [0.1, 0.15) is 20.8 Å². The predicted octanol–water partition coefficient (Wildman–Crippen LogP) is 0.271. The first-order valence-electron chi connectivity index (χ1n) is 4.88. The number of aliphatic carboxylic acids is 1. The second-order valence-corrected chi connectivity index (χ2v) is 5.76. The third kappa shape index (κ3) is 3.47. The number of carbonyl (C=O) groups is 1. The van der Waals surface area contributed by atoms with Gasteiger partial charge in [0.05, 0.1) is 12.0 Å². The van der Waals surface area contributed by atoms with Crippen LogP contribution in [0.5, 0.6) is 0 Å². The van der Waals surface area contributed by atoms with Crippen LogP contribution in [-0.4, -0.2) is 42.1 Å². The highest BCUT2D eigenvalue weighted by atomic mass is 32.2. The van der Waals surface area contributed by atoms with Crippen LogP contribution in [0.3, 0.4) is 0 Å². The highest BCUT2D eigenvalue weighted by Crippen LogP contribution is 2.11. The molecule has 2 atom stereocenters. The Labute approximate surface area is 95.5 Å². The van der Waals surface area contributed by atoms with Crippen molar-refractivity contribution in [3.05, 3.63) is 0 Å². The first kappa shape index (κ1) is 14.9. The number of nitriles is 1. The number of sulfonamides is 1. The van der Waals surface area contributed by atoms with Gasteiger partial charge in [-0.2, -0.15) is 5.26 Å². The molecular formula is C9H16N2O4S. The molecule has 2 unspecified atom stereocenters. The molecule has 0 rings (SSSR count). The maximum Gasteiger partial charge on any atom is 0.307 e. The number of nitrogens with zero attached hydrogens (tertiary/aromatic N) is 2. The Morgan fingerprint density at radius 3 is 2.31 bits per heavy atom. The quantitative estimate of drug-likeness (QED) is 0.727. The van der Waals surface area contributed by atoms with E-state index in [0.717, 1.165) is 4.31 Å². The molecule has 0 radical (unpaired) electrons. The van der Waals surface area contributed by atoms with Crippen LogP contribution in [0.4, 0.5) is 0 Å². The van der Waals surface area contributed by atoms with Crippen molar-refractivity contribution in [3.8, 4) is 6.07 Å². The monoisotopic (exact) mass is 248 g/mol. The summed E-state index contributed by atoms with van der Waals surface area (Å²) in [6, 6.07) is 1.65. The molecule has 0 aromatic rings. The number of hydrogen-bond donors (Lipinski definition) is 1.